The lowest BCUT2D eigenvalue weighted by Gasteiger charge is -2.18. The number of carbonyl (C=O) groups excluding carboxylic acids is 2. The van der Waals surface area contributed by atoms with E-state index in [9.17, 15) is 22.8 Å². The highest BCUT2D eigenvalue weighted by molar-refractivity contribution is 9.10. The molecular weight excluding hydrogens is 417 g/mol. The number of likely N-dealkylation sites (tertiary alicyclic amines) is 1. The van der Waals surface area contributed by atoms with Crippen LogP contribution < -0.4 is 10.1 Å². The molecule has 1 aliphatic rings. The first-order valence-electron chi connectivity index (χ1n) is 6.79. The fourth-order valence-electron chi connectivity index (χ4n) is 2.41. The number of nitrogens with one attached hydrogen (secondary N) is 1. The third-order valence-electron chi connectivity index (χ3n) is 3.43. The smallest absolute Gasteiger partial charge is 0.406 e. The summed E-state index contributed by atoms with van der Waals surface area (Å²) in [5, 5.41) is 2.88. The van der Waals surface area contributed by atoms with Crippen LogP contribution in [0.5, 0.6) is 5.75 Å². The van der Waals surface area contributed by atoms with Gasteiger partial charge < -0.3 is 15.0 Å². The topological polar surface area (TPSA) is 58.6 Å². The van der Waals surface area contributed by atoms with Crippen molar-refractivity contribution in [1.29, 1.82) is 0 Å². The van der Waals surface area contributed by atoms with Crippen LogP contribution in [0.25, 0.3) is 0 Å². The number of methoxy groups -OCH3 is 1. The summed E-state index contributed by atoms with van der Waals surface area (Å²) in [4.78, 5) is 24.6. The molecule has 0 radical (unpaired) electrons. The molecule has 0 aliphatic carbocycles. The molecule has 5 nitrogen and oxygen atoms in total. The van der Waals surface area contributed by atoms with E-state index in [1.54, 1.807) is 6.07 Å². The summed E-state index contributed by atoms with van der Waals surface area (Å²) in [6.07, 6.45) is -4.77. The highest BCUT2D eigenvalue weighted by Crippen LogP contribution is 2.37. The van der Waals surface area contributed by atoms with Gasteiger partial charge in [-0.25, -0.2) is 0 Å². The lowest BCUT2D eigenvalue weighted by Crippen LogP contribution is -2.36. The zero-order valence-corrected chi connectivity index (χ0v) is 14.8. The van der Waals surface area contributed by atoms with Gasteiger partial charge in [-0.2, -0.15) is 13.2 Å². The minimum atomic E-state index is -4.50. The SMILES string of the molecule is COc1c(Br)cc(Cl)cc1NC(=O)[C@H]1CC(=O)N(CC(F)(F)F)C1. The van der Waals surface area contributed by atoms with Crippen LogP contribution in [-0.4, -0.2) is 43.1 Å². The van der Waals surface area contributed by atoms with Gasteiger partial charge in [0, 0.05) is 18.0 Å². The van der Waals surface area contributed by atoms with Crippen LogP contribution in [0.4, 0.5) is 18.9 Å². The zero-order valence-electron chi connectivity index (χ0n) is 12.4. The summed E-state index contributed by atoms with van der Waals surface area (Å²) < 4.78 is 42.9. The van der Waals surface area contributed by atoms with Crippen LogP contribution in [0.15, 0.2) is 16.6 Å². The summed E-state index contributed by atoms with van der Waals surface area (Å²) in [5.41, 5.74) is 0.267. The summed E-state index contributed by atoms with van der Waals surface area (Å²) in [6, 6.07) is 3.02. The number of rotatable bonds is 4. The maximum atomic E-state index is 12.4. The van der Waals surface area contributed by atoms with Crippen LogP contribution in [0, 0.1) is 5.92 Å². The van der Waals surface area contributed by atoms with Crippen molar-refractivity contribution < 1.29 is 27.5 Å². The lowest BCUT2D eigenvalue weighted by molar-refractivity contribution is -0.157. The second-order valence-electron chi connectivity index (χ2n) is 5.25. The molecule has 1 aromatic rings. The maximum absolute atomic E-state index is 12.4. The first-order chi connectivity index (χ1) is 11.1. The van der Waals surface area contributed by atoms with Gasteiger partial charge in [-0.15, -0.1) is 0 Å². The Kier molecular flexibility index (Phi) is 5.64. The number of nitrogens with zero attached hydrogens (tertiary/aromatic N) is 1. The second kappa shape index (κ2) is 7.18. The molecule has 0 aromatic heterocycles. The predicted octanol–water partition coefficient (Wildman–Crippen LogP) is 3.46. The fourth-order valence-corrected chi connectivity index (χ4v) is 3.38. The van der Waals surface area contributed by atoms with Crippen LogP contribution in [0.2, 0.25) is 5.02 Å². The van der Waals surface area contributed by atoms with E-state index in [2.05, 4.69) is 21.2 Å². The van der Waals surface area contributed by atoms with Gasteiger partial charge in [0.05, 0.1) is 23.2 Å². The number of ether oxygens (including phenoxy) is 1. The third-order valence-corrected chi connectivity index (χ3v) is 4.23. The van der Waals surface area contributed by atoms with Gasteiger partial charge in [-0.1, -0.05) is 11.6 Å². The van der Waals surface area contributed by atoms with Crippen molar-refractivity contribution >= 4 is 45.0 Å². The number of carbonyl (C=O) groups is 2. The van der Waals surface area contributed by atoms with Crippen molar-refractivity contribution in [2.45, 2.75) is 12.6 Å². The molecule has 1 heterocycles. The Balaban J connectivity index is 2.10. The molecule has 24 heavy (non-hydrogen) atoms. The van der Waals surface area contributed by atoms with E-state index >= 15 is 0 Å². The van der Waals surface area contributed by atoms with Crippen molar-refractivity contribution in [2.24, 2.45) is 5.92 Å². The largest absolute Gasteiger partial charge is 0.493 e. The van der Waals surface area contributed by atoms with E-state index in [4.69, 9.17) is 16.3 Å². The van der Waals surface area contributed by atoms with Crippen molar-refractivity contribution in [3.8, 4) is 5.75 Å². The Labute approximate surface area is 149 Å². The van der Waals surface area contributed by atoms with Gasteiger partial charge in [0.1, 0.15) is 6.54 Å². The Hall–Kier alpha value is -1.48. The van der Waals surface area contributed by atoms with Crippen molar-refractivity contribution in [3.05, 3.63) is 21.6 Å². The van der Waals surface area contributed by atoms with Gasteiger partial charge >= 0.3 is 6.18 Å². The van der Waals surface area contributed by atoms with Crippen LogP contribution in [0.1, 0.15) is 6.42 Å². The molecule has 0 saturated carbocycles. The second-order valence-corrected chi connectivity index (χ2v) is 6.54. The van der Waals surface area contributed by atoms with Crippen molar-refractivity contribution in [1.82, 2.24) is 4.90 Å². The normalized spacial score (nSPS) is 18.0. The van der Waals surface area contributed by atoms with Crippen LogP contribution >= 0.6 is 27.5 Å². The molecule has 0 unspecified atom stereocenters. The molecule has 1 fully saturated rings. The molecule has 1 saturated heterocycles. The van der Waals surface area contributed by atoms with E-state index in [1.165, 1.54) is 13.2 Å². The number of hydrogen-bond acceptors (Lipinski definition) is 3. The minimum absolute atomic E-state index is 0.267. The molecule has 1 N–H and O–H groups in total. The summed E-state index contributed by atoms with van der Waals surface area (Å²) in [7, 11) is 1.40. The van der Waals surface area contributed by atoms with E-state index in [0.29, 0.717) is 20.1 Å². The number of anilines is 1. The Morgan fingerprint density at radius 1 is 1.50 bits per heavy atom. The molecule has 2 rings (SSSR count). The summed E-state index contributed by atoms with van der Waals surface area (Å²) in [6.45, 7) is -1.64. The average molecular weight is 430 g/mol. The number of benzene rings is 1. The molecule has 1 atom stereocenters. The van der Waals surface area contributed by atoms with E-state index in [-0.39, 0.29) is 18.7 Å². The van der Waals surface area contributed by atoms with E-state index in [1.807, 2.05) is 0 Å². The van der Waals surface area contributed by atoms with Crippen molar-refractivity contribution in [3.63, 3.8) is 0 Å². The Morgan fingerprint density at radius 3 is 2.75 bits per heavy atom. The number of amides is 2. The number of alkyl halides is 3. The maximum Gasteiger partial charge on any atom is 0.406 e. The van der Waals surface area contributed by atoms with Crippen LogP contribution in [0.3, 0.4) is 0 Å². The molecule has 0 bridgehead atoms. The standard InChI is InChI=1S/C14H13BrClF3N2O3/c1-24-12-9(15)3-8(16)4-10(12)20-13(23)7-2-11(22)21(5-7)6-14(17,18)19/h3-4,7H,2,5-6H2,1H3,(H,20,23)/t7-/m0/s1. The molecule has 0 spiro atoms. The minimum Gasteiger partial charge on any atom is -0.493 e. The first-order valence-corrected chi connectivity index (χ1v) is 7.96. The monoisotopic (exact) mass is 428 g/mol. The molecular formula is C14H13BrClF3N2O3. The molecule has 10 heteroatoms. The summed E-state index contributed by atoms with van der Waals surface area (Å²) in [5.74, 6) is -1.82. The predicted molar refractivity (Wildman–Crippen MR) is 85.1 cm³/mol. The van der Waals surface area contributed by atoms with Gasteiger partial charge in [0.25, 0.3) is 0 Å². The molecule has 132 valence electrons. The highest BCUT2D eigenvalue weighted by Gasteiger charge is 2.40. The zero-order chi connectivity index (χ0) is 18.1. The fraction of sp³-hybridized carbons (Fsp3) is 0.429. The summed E-state index contributed by atoms with van der Waals surface area (Å²) >= 11 is 9.15. The van der Waals surface area contributed by atoms with Gasteiger partial charge in [-0.05, 0) is 28.1 Å². The molecule has 1 aromatic carbocycles. The average Bonchev–Trinajstić information content (AvgIpc) is 2.77. The van der Waals surface area contributed by atoms with Gasteiger partial charge in [0.15, 0.2) is 5.75 Å². The Morgan fingerprint density at radius 2 is 2.17 bits per heavy atom. The van der Waals surface area contributed by atoms with Gasteiger partial charge in [0.2, 0.25) is 11.8 Å². The van der Waals surface area contributed by atoms with Gasteiger partial charge in [-0.3, -0.25) is 9.59 Å². The molecule has 2 amide bonds. The first kappa shape index (κ1) is 18.9. The van der Waals surface area contributed by atoms with Crippen LogP contribution in [-0.2, 0) is 9.59 Å². The molecule has 1 aliphatic heterocycles. The van der Waals surface area contributed by atoms with Crippen molar-refractivity contribution in [2.75, 3.05) is 25.5 Å². The van der Waals surface area contributed by atoms with E-state index in [0.717, 1.165) is 0 Å². The van der Waals surface area contributed by atoms with E-state index < -0.39 is 30.5 Å². The number of halogens is 5. The highest BCUT2D eigenvalue weighted by atomic mass is 79.9. The quantitative estimate of drug-likeness (QED) is 0.797. The third kappa shape index (κ3) is 4.54. The lowest BCUT2D eigenvalue weighted by atomic mass is 10.1. The Bertz CT molecular complexity index is 669. The number of hydrogen-bond donors (Lipinski definition) is 1.